The van der Waals surface area contributed by atoms with E-state index in [2.05, 4.69) is 10.1 Å². The normalized spacial score (nSPS) is 20.8. The predicted octanol–water partition coefficient (Wildman–Crippen LogP) is 0.423. The molecule has 0 aliphatic carbocycles. The van der Waals surface area contributed by atoms with E-state index < -0.39 is 0 Å². The van der Waals surface area contributed by atoms with Gasteiger partial charge in [-0.1, -0.05) is 0 Å². The van der Waals surface area contributed by atoms with Crippen molar-refractivity contribution in [2.45, 2.75) is 19.9 Å². The third kappa shape index (κ3) is 1.25. The summed E-state index contributed by atoms with van der Waals surface area (Å²) in [5.41, 5.74) is 8.72. The van der Waals surface area contributed by atoms with Crippen molar-refractivity contribution < 1.29 is 4.74 Å². The molecule has 5 heteroatoms. The van der Waals surface area contributed by atoms with Gasteiger partial charge >= 0.3 is 0 Å². The molecule has 0 amide bonds. The number of hydrogen-bond donors (Lipinski definition) is 1. The zero-order valence-electron chi connectivity index (χ0n) is 8.61. The number of nitrogens with zero attached hydrogens (tertiary/aromatic N) is 3. The number of aryl methyl sites for hydroxylation is 2. The average Bonchev–Trinajstić information content (AvgIpc) is 2.60. The summed E-state index contributed by atoms with van der Waals surface area (Å²) < 4.78 is 6.99. The van der Waals surface area contributed by atoms with Crippen molar-refractivity contribution in [3.63, 3.8) is 0 Å². The molecule has 0 bridgehead atoms. The first kappa shape index (κ1) is 9.05. The molecule has 0 saturated carbocycles. The summed E-state index contributed by atoms with van der Waals surface area (Å²) in [7, 11) is 1.93. The van der Waals surface area contributed by atoms with E-state index in [0.29, 0.717) is 6.61 Å². The third-order valence-corrected chi connectivity index (χ3v) is 2.57. The molecule has 0 spiro atoms. The van der Waals surface area contributed by atoms with Gasteiger partial charge in [0, 0.05) is 18.3 Å². The maximum atomic E-state index is 5.47. The molecule has 1 unspecified atom stereocenters. The minimum atomic E-state index is 0.0173. The van der Waals surface area contributed by atoms with Crippen molar-refractivity contribution in [2.75, 3.05) is 6.61 Å². The Morgan fingerprint density at radius 2 is 2.21 bits per heavy atom. The Balaban J connectivity index is 2.41. The second kappa shape index (κ2) is 3.01. The summed E-state index contributed by atoms with van der Waals surface area (Å²) in [6.07, 6.45) is 0. The summed E-state index contributed by atoms with van der Waals surface area (Å²) in [6, 6.07) is 0.293. The van der Waals surface area contributed by atoms with Crippen LogP contribution in [0.15, 0.2) is 4.99 Å². The smallest absolute Gasteiger partial charge is 0.282 e. The first-order valence-corrected chi connectivity index (χ1v) is 4.55. The number of aliphatic imine (C=N–C) groups is 1. The van der Waals surface area contributed by atoms with E-state index >= 15 is 0 Å². The number of hydrogen-bond acceptors (Lipinski definition) is 4. The molecule has 2 heterocycles. The van der Waals surface area contributed by atoms with Gasteiger partial charge in [-0.3, -0.25) is 4.68 Å². The molecule has 1 aliphatic heterocycles. The second-order valence-corrected chi connectivity index (χ2v) is 3.50. The van der Waals surface area contributed by atoms with E-state index in [1.165, 1.54) is 0 Å². The minimum absolute atomic E-state index is 0.0173. The highest BCUT2D eigenvalue weighted by Crippen LogP contribution is 2.27. The molecule has 1 aromatic rings. The van der Waals surface area contributed by atoms with Crippen molar-refractivity contribution in [3.05, 3.63) is 17.0 Å². The molecule has 5 nitrogen and oxygen atoms in total. The molecular formula is C9H14N4O. The molecule has 0 radical (unpaired) electrons. The van der Waals surface area contributed by atoms with Crippen LogP contribution in [0.2, 0.25) is 0 Å². The molecule has 0 fully saturated rings. The van der Waals surface area contributed by atoms with Crippen molar-refractivity contribution in [1.82, 2.24) is 9.78 Å². The van der Waals surface area contributed by atoms with Gasteiger partial charge in [-0.2, -0.15) is 5.10 Å². The number of rotatable bonds is 1. The van der Waals surface area contributed by atoms with E-state index in [1.807, 2.05) is 25.6 Å². The third-order valence-electron chi connectivity index (χ3n) is 2.57. The van der Waals surface area contributed by atoms with Crippen LogP contribution >= 0.6 is 0 Å². The van der Waals surface area contributed by atoms with Crippen LogP contribution in [0.1, 0.15) is 23.0 Å². The topological polar surface area (TPSA) is 65.4 Å². The Labute approximate surface area is 82.6 Å². The lowest BCUT2D eigenvalue weighted by atomic mass is 10.1. The van der Waals surface area contributed by atoms with E-state index in [4.69, 9.17) is 10.5 Å². The molecule has 76 valence electrons. The number of ether oxygens (including phenoxy) is 1. The number of aromatic nitrogens is 2. The van der Waals surface area contributed by atoms with Gasteiger partial charge in [-0.25, -0.2) is 4.99 Å². The van der Waals surface area contributed by atoms with Crippen LogP contribution in [-0.4, -0.2) is 22.4 Å². The van der Waals surface area contributed by atoms with E-state index in [-0.39, 0.29) is 12.1 Å². The van der Waals surface area contributed by atoms with Crippen molar-refractivity contribution in [2.24, 2.45) is 17.8 Å². The molecule has 14 heavy (non-hydrogen) atoms. The highest BCUT2D eigenvalue weighted by Gasteiger charge is 2.24. The first-order chi connectivity index (χ1) is 6.59. The summed E-state index contributed by atoms with van der Waals surface area (Å²) >= 11 is 0. The lowest BCUT2D eigenvalue weighted by Crippen LogP contribution is -2.10. The van der Waals surface area contributed by atoms with Gasteiger partial charge in [0.1, 0.15) is 12.6 Å². The van der Waals surface area contributed by atoms with Crippen molar-refractivity contribution in [1.29, 1.82) is 0 Å². The van der Waals surface area contributed by atoms with Crippen LogP contribution in [0, 0.1) is 13.8 Å². The molecule has 1 atom stereocenters. The lowest BCUT2D eigenvalue weighted by molar-refractivity contribution is 0.314. The van der Waals surface area contributed by atoms with Gasteiger partial charge in [0.25, 0.3) is 6.02 Å². The molecule has 0 saturated heterocycles. The maximum Gasteiger partial charge on any atom is 0.282 e. The first-order valence-electron chi connectivity index (χ1n) is 4.55. The fraction of sp³-hybridized carbons (Fsp3) is 0.556. The Morgan fingerprint density at radius 1 is 1.50 bits per heavy atom. The Bertz CT molecular complexity index is 394. The number of nitrogens with two attached hydrogens (primary N) is 1. The standard InChI is InChI=1S/C9H14N4O/c1-5-8(6(2)13(3)12-5)7-4-14-9(10)11-7/h7H,4H2,1-3H3,(H2,10,11). The van der Waals surface area contributed by atoms with Gasteiger partial charge in [-0.05, 0) is 13.8 Å². The van der Waals surface area contributed by atoms with Crippen LogP contribution < -0.4 is 5.73 Å². The highest BCUT2D eigenvalue weighted by atomic mass is 16.5. The molecule has 2 N–H and O–H groups in total. The predicted molar refractivity (Wildman–Crippen MR) is 53.0 cm³/mol. The van der Waals surface area contributed by atoms with Gasteiger partial charge in [0.05, 0.1) is 5.69 Å². The van der Waals surface area contributed by atoms with E-state index in [1.54, 1.807) is 0 Å². The summed E-state index contributed by atoms with van der Waals surface area (Å²) in [5, 5.41) is 4.33. The lowest BCUT2D eigenvalue weighted by Gasteiger charge is -2.05. The van der Waals surface area contributed by atoms with E-state index in [9.17, 15) is 0 Å². The van der Waals surface area contributed by atoms with Gasteiger partial charge in [0.2, 0.25) is 0 Å². The van der Waals surface area contributed by atoms with Crippen LogP contribution in [0.25, 0.3) is 0 Å². The van der Waals surface area contributed by atoms with Crippen LogP contribution in [-0.2, 0) is 11.8 Å². The molecule has 1 aliphatic rings. The Morgan fingerprint density at radius 3 is 2.64 bits per heavy atom. The van der Waals surface area contributed by atoms with Gasteiger partial charge in [0.15, 0.2) is 0 Å². The molecule has 2 rings (SSSR count). The highest BCUT2D eigenvalue weighted by molar-refractivity contribution is 5.73. The molecular weight excluding hydrogens is 180 g/mol. The van der Waals surface area contributed by atoms with Gasteiger partial charge in [-0.15, -0.1) is 0 Å². The van der Waals surface area contributed by atoms with E-state index in [0.717, 1.165) is 17.0 Å². The Hall–Kier alpha value is -1.52. The summed E-state index contributed by atoms with van der Waals surface area (Å²) in [5.74, 6) is 0. The molecule has 1 aromatic heterocycles. The average molecular weight is 194 g/mol. The Kier molecular flexibility index (Phi) is 1.94. The summed E-state index contributed by atoms with van der Waals surface area (Å²) in [4.78, 5) is 4.21. The van der Waals surface area contributed by atoms with Crippen molar-refractivity contribution >= 4 is 6.02 Å². The second-order valence-electron chi connectivity index (χ2n) is 3.50. The van der Waals surface area contributed by atoms with Crippen LogP contribution in [0.4, 0.5) is 0 Å². The molecule has 0 aromatic carbocycles. The summed E-state index contributed by atoms with van der Waals surface area (Å²) in [6.45, 7) is 4.53. The van der Waals surface area contributed by atoms with Crippen molar-refractivity contribution in [3.8, 4) is 0 Å². The van der Waals surface area contributed by atoms with Gasteiger partial charge < -0.3 is 10.5 Å². The fourth-order valence-corrected chi connectivity index (χ4v) is 1.81. The van der Waals surface area contributed by atoms with Crippen LogP contribution in [0.5, 0.6) is 0 Å². The monoisotopic (exact) mass is 194 g/mol. The zero-order valence-corrected chi connectivity index (χ0v) is 8.61. The fourth-order valence-electron chi connectivity index (χ4n) is 1.81. The SMILES string of the molecule is Cc1nn(C)c(C)c1C1COC(N)=N1. The zero-order chi connectivity index (χ0) is 10.3. The number of amidine groups is 1. The largest absolute Gasteiger partial charge is 0.463 e. The minimum Gasteiger partial charge on any atom is -0.463 e. The maximum absolute atomic E-state index is 5.47. The quantitative estimate of drug-likeness (QED) is 0.704. The van der Waals surface area contributed by atoms with Crippen LogP contribution in [0.3, 0.4) is 0 Å².